The van der Waals surface area contributed by atoms with E-state index in [1.165, 1.54) is 17.8 Å². The maximum atomic E-state index is 12.2. The average Bonchev–Trinajstić information content (AvgIpc) is 3.18. The third-order valence-electron chi connectivity index (χ3n) is 4.13. The largest absolute Gasteiger partial charge is 0.459 e. The maximum Gasteiger partial charge on any atom is 0.317 e. The zero-order valence-corrected chi connectivity index (χ0v) is 14.3. The summed E-state index contributed by atoms with van der Waals surface area (Å²) in [4.78, 5) is 18.4. The van der Waals surface area contributed by atoms with Gasteiger partial charge in [-0.15, -0.1) is 11.3 Å². The van der Waals surface area contributed by atoms with Crippen LogP contribution in [0.3, 0.4) is 0 Å². The Bertz CT molecular complexity index is 833. The third kappa shape index (κ3) is 3.28. The number of fused-ring (bicyclic) bond motifs is 1. The fraction of sp³-hybridized carbons (Fsp3) is 0.333. The number of hydrogen-bond acceptors (Lipinski definition) is 4. The number of urea groups is 1. The van der Waals surface area contributed by atoms with Crippen LogP contribution in [-0.2, 0) is 13.1 Å². The number of rotatable bonds is 5. The molecular weight excluding hydrogens is 322 g/mol. The molecule has 1 aromatic carbocycles. The Labute approximate surface area is 144 Å². The molecule has 1 aliphatic rings. The van der Waals surface area contributed by atoms with Crippen LogP contribution in [-0.4, -0.2) is 23.0 Å². The molecule has 24 heavy (non-hydrogen) atoms. The summed E-state index contributed by atoms with van der Waals surface area (Å²) in [6, 6.07) is 9.69. The number of aromatic nitrogens is 1. The average molecular weight is 341 g/mol. The molecule has 1 fully saturated rings. The van der Waals surface area contributed by atoms with Crippen molar-refractivity contribution in [3.05, 3.63) is 52.2 Å². The molecule has 0 bridgehead atoms. The fourth-order valence-electron chi connectivity index (χ4n) is 2.64. The summed E-state index contributed by atoms with van der Waals surface area (Å²) in [5, 5.41) is 7.21. The molecule has 0 spiro atoms. The van der Waals surface area contributed by atoms with Crippen LogP contribution in [0.25, 0.3) is 11.0 Å². The van der Waals surface area contributed by atoms with Gasteiger partial charge in [-0.1, -0.05) is 18.2 Å². The quantitative estimate of drug-likeness (QED) is 0.760. The Balaban J connectivity index is 1.33. The van der Waals surface area contributed by atoms with Crippen LogP contribution in [0.2, 0.25) is 0 Å². The van der Waals surface area contributed by atoms with Crippen molar-refractivity contribution in [2.45, 2.75) is 31.8 Å². The molecule has 3 aromatic rings. The van der Waals surface area contributed by atoms with Gasteiger partial charge in [0.1, 0.15) is 11.3 Å². The van der Waals surface area contributed by atoms with Crippen LogP contribution in [0.15, 0.2) is 40.1 Å². The molecule has 0 unspecified atom stereocenters. The van der Waals surface area contributed by atoms with Crippen LogP contribution in [0.4, 0.5) is 4.79 Å². The van der Waals surface area contributed by atoms with Gasteiger partial charge in [0.05, 0.1) is 23.8 Å². The minimum Gasteiger partial charge on any atom is -0.459 e. The van der Waals surface area contributed by atoms with Crippen molar-refractivity contribution >= 4 is 28.3 Å². The van der Waals surface area contributed by atoms with Gasteiger partial charge in [-0.25, -0.2) is 9.78 Å². The molecule has 6 heteroatoms. The van der Waals surface area contributed by atoms with Gasteiger partial charge in [-0.05, 0) is 25.0 Å². The number of nitrogens with zero attached hydrogens (tertiary/aromatic N) is 2. The first-order valence-electron chi connectivity index (χ1n) is 8.10. The zero-order valence-electron chi connectivity index (χ0n) is 13.5. The molecular formula is C18H19N3O2S. The minimum atomic E-state index is -0.128. The molecule has 2 aromatic heterocycles. The molecule has 0 saturated heterocycles. The lowest BCUT2D eigenvalue weighted by atomic mass is 10.2. The van der Waals surface area contributed by atoms with Crippen molar-refractivity contribution in [3.8, 4) is 0 Å². The number of hydrogen-bond donors (Lipinski definition) is 1. The van der Waals surface area contributed by atoms with Gasteiger partial charge in [0.15, 0.2) is 0 Å². The van der Waals surface area contributed by atoms with Crippen molar-refractivity contribution in [2.75, 3.05) is 7.05 Å². The van der Waals surface area contributed by atoms with Gasteiger partial charge in [0.2, 0.25) is 0 Å². The molecule has 1 saturated carbocycles. The van der Waals surface area contributed by atoms with Crippen LogP contribution < -0.4 is 5.32 Å². The molecule has 0 aliphatic heterocycles. The molecule has 5 nitrogen and oxygen atoms in total. The molecule has 0 atom stereocenters. The second-order valence-electron chi connectivity index (χ2n) is 6.22. The number of carbonyl (C=O) groups excluding carboxylic acids is 1. The highest BCUT2D eigenvalue weighted by Crippen LogP contribution is 2.41. The second-order valence-corrected chi connectivity index (χ2v) is 7.11. The van der Waals surface area contributed by atoms with Crippen molar-refractivity contribution in [1.29, 1.82) is 0 Å². The SMILES string of the molecule is CN(Cc1cc2ccccc2o1)C(=O)NCc1csc(C2CC2)n1. The Hall–Kier alpha value is -2.34. The van der Waals surface area contributed by atoms with Crippen molar-refractivity contribution < 1.29 is 9.21 Å². The summed E-state index contributed by atoms with van der Waals surface area (Å²) in [6.45, 7) is 0.900. The number of furan rings is 1. The van der Waals surface area contributed by atoms with Gasteiger partial charge < -0.3 is 14.6 Å². The molecule has 4 rings (SSSR count). The van der Waals surface area contributed by atoms with E-state index in [0.717, 1.165) is 22.4 Å². The highest BCUT2D eigenvalue weighted by Gasteiger charge is 2.26. The Kier molecular flexibility index (Phi) is 3.98. The summed E-state index contributed by atoms with van der Waals surface area (Å²) in [5.41, 5.74) is 1.78. The topological polar surface area (TPSA) is 58.4 Å². The Morgan fingerprint density at radius 3 is 3.04 bits per heavy atom. The Morgan fingerprint density at radius 2 is 2.25 bits per heavy atom. The smallest absolute Gasteiger partial charge is 0.317 e. The van der Waals surface area contributed by atoms with Crippen LogP contribution in [0, 0.1) is 0 Å². The first-order chi connectivity index (χ1) is 11.7. The summed E-state index contributed by atoms with van der Waals surface area (Å²) in [5.74, 6) is 1.44. The van der Waals surface area contributed by atoms with Crippen LogP contribution in [0.1, 0.15) is 35.2 Å². The van der Waals surface area contributed by atoms with Crippen molar-refractivity contribution in [2.24, 2.45) is 0 Å². The molecule has 2 heterocycles. The molecule has 2 amide bonds. The molecule has 124 valence electrons. The highest BCUT2D eigenvalue weighted by atomic mass is 32.1. The summed E-state index contributed by atoms with van der Waals surface area (Å²) >= 11 is 1.69. The van der Waals surface area contributed by atoms with E-state index in [2.05, 4.69) is 10.3 Å². The van der Waals surface area contributed by atoms with Gasteiger partial charge in [0.25, 0.3) is 0 Å². The van der Waals surface area contributed by atoms with Crippen molar-refractivity contribution in [1.82, 2.24) is 15.2 Å². The third-order valence-corrected chi connectivity index (χ3v) is 5.19. The van der Waals surface area contributed by atoms with E-state index in [4.69, 9.17) is 4.42 Å². The van der Waals surface area contributed by atoms with Gasteiger partial charge in [0, 0.05) is 23.7 Å². The summed E-state index contributed by atoms with van der Waals surface area (Å²) in [6.07, 6.45) is 2.50. The summed E-state index contributed by atoms with van der Waals surface area (Å²) in [7, 11) is 1.76. The monoisotopic (exact) mass is 341 g/mol. The second kappa shape index (κ2) is 6.28. The molecule has 1 aliphatic carbocycles. The van der Waals surface area contributed by atoms with E-state index in [-0.39, 0.29) is 6.03 Å². The normalized spacial score (nSPS) is 14.0. The van der Waals surface area contributed by atoms with E-state index < -0.39 is 0 Å². The number of para-hydroxylation sites is 1. The van der Waals surface area contributed by atoms with E-state index in [1.807, 2.05) is 35.7 Å². The standard InChI is InChI=1S/C18H19N3O2S/c1-21(10-15-8-13-4-2-3-5-16(13)23-15)18(22)19-9-14-11-24-17(20-14)12-6-7-12/h2-5,8,11-12H,6-7,9-10H2,1H3,(H,19,22). The van der Waals surface area contributed by atoms with Gasteiger partial charge in [-0.3, -0.25) is 0 Å². The first-order valence-corrected chi connectivity index (χ1v) is 8.98. The highest BCUT2D eigenvalue weighted by molar-refractivity contribution is 7.09. The maximum absolute atomic E-state index is 12.2. The van der Waals surface area contributed by atoms with Crippen LogP contribution >= 0.6 is 11.3 Å². The van der Waals surface area contributed by atoms with Crippen molar-refractivity contribution in [3.63, 3.8) is 0 Å². The lowest BCUT2D eigenvalue weighted by Gasteiger charge is -2.16. The van der Waals surface area contributed by atoms with E-state index >= 15 is 0 Å². The molecule has 1 N–H and O–H groups in total. The van der Waals surface area contributed by atoms with Gasteiger partial charge >= 0.3 is 6.03 Å². The number of thiazole rings is 1. The van der Waals surface area contributed by atoms with Crippen LogP contribution in [0.5, 0.6) is 0 Å². The number of carbonyl (C=O) groups is 1. The lowest BCUT2D eigenvalue weighted by Crippen LogP contribution is -2.36. The predicted octanol–water partition coefficient (Wildman–Crippen LogP) is 4.11. The van der Waals surface area contributed by atoms with Gasteiger partial charge in [-0.2, -0.15) is 0 Å². The molecule has 0 radical (unpaired) electrons. The zero-order chi connectivity index (χ0) is 16.5. The fourth-order valence-corrected chi connectivity index (χ4v) is 3.63. The van der Waals surface area contributed by atoms with E-state index in [9.17, 15) is 4.79 Å². The lowest BCUT2D eigenvalue weighted by molar-refractivity contribution is 0.203. The number of benzene rings is 1. The predicted molar refractivity (Wildman–Crippen MR) is 94.0 cm³/mol. The van der Waals surface area contributed by atoms with E-state index in [0.29, 0.717) is 19.0 Å². The Morgan fingerprint density at radius 1 is 1.42 bits per heavy atom. The van der Waals surface area contributed by atoms with E-state index in [1.54, 1.807) is 23.3 Å². The summed E-state index contributed by atoms with van der Waals surface area (Å²) < 4.78 is 5.76. The number of nitrogens with one attached hydrogen (secondary N) is 1. The number of amides is 2. The minimum absolute atomic E-state index is 0.128. The first kappa shape index (κ1) is 15.2.